The summed E-state index contributed by atoms with van der Waals surface area (Å²) in [6.45, 7) is 1.76. The van der Waals surface area contributed by atoms with Crippen molar-refractivity contribution in [3.8, 4) is 29.9 Å². The molecule has 0 radical (unpaired) electrons. The van der Waals surface area contributed by atoms with E-state index in [9.17, 15) is 19.5 Å². The summed E-state index contributed by atoms with van der Waals surface area (Å²) in [5, 5.41) is 10.9. The highest BCUT2D eigenvalue weighted by atomic mass is 16.6. The Labute approximate surface area is 238 Å². The van der Waals surface area contributed by atoms with Crippen LogP contribution in [0.4, 0.5) is 5.69 Å². The van der Waals surface area contributed by atoms with Gasteiger partial charge in [-0.15, -0.1) is 6.42 Å². The van der Waals surface area contributed by atoms with Gasteiger partial charge in [0.15, 0.2) is 5.60 Å². The smallest absolute Gasteiger partial charge is 0.302 e. The lowest BCUT2D eigenvalue weighted by atomic mass is 9.90. The first kappa shape index (κ1) is 28.9. The number of carbonyl (C=O) groups is 3. The number of benzene rings is 3. The molecule has 0 spiro atoms. The summed E-state index contributed by atoms with van der Waals surface area (Å²) in [5.41, 5.74) is 1.71. The standard InChI is InChI=1S/C33H29NO7/c1-4-25-10-13-28(14-11-25)34-30(19-32(34)37)29-18-26(12-15-31(29)39-20-27-8-6-5-7-9-27)16-17-33(38,21-40-23(2)35)22-41-24(3)36/h1,5-15,18,30,38H,19-22H2,2-3H3. The molecule has 208 valence electrons. The van der Waals surface area contributed by atoms with Crippen LogP contribution in [-0.4, -0.2) is 41.8 Å². The minimum Gasteiger partial charge on any atom is -0.489 e. The van der Waals surface area contributed by atoms with E-state index in [0.717, 1.165) is 11.1 Å². The predicted molar refractivity (Wildman–Crippen MR) is 152 cm³/mol. The van der Waals surface area contributed by atoms with Gasteiger partial charge in [0, 0.05) is 36.2 Å². The van der Waals surface area contributed by atoms with E-state index in [1.165, 1.54) is 13.8 Å². The SMILES string of the molecule is C#Cc1ccc(N2C(=O)CC2c2cc(C#CC(O)(COC(C)=O)COC(C)=O)ccc2OCc2ccccc2)cc1. The topological polar surface area (TPSA) is 102 Å². The summed E-state index contributed by atoms with van der Waals surface area (Å²) < 4.78 is 16.1. The molecule has 1 fully saturated rings. The van der Waals surface area contributed by atoms with Gasteiger partial charge in [-0.3, -0.25) is 14.4 Å². The number of rotatable bonds is 9. The fraction of sp³-hybridized carbons (Fsp3) is 0.242. The fourth-order valence-electron chi connectivity index (χ4n) is 4.21. The average Bonchev–Trinajstić information content (AvgIpc) is 2.97. The highest BCUT2D eigenvalue weighted by Gasteiger charge is 2.40. The van der Waals surface area contributed by atoms with Crippen molar-refractivity contribution >= 4 is 23.5 Å². The van der Waals surface area contributed by atoms with Crippen LogP contribution in [0.25, 0.3) is 0 Å². The molecule has 0 aromatic heterocycles. The molecule has 0 saturated carbocycles. The van der Waals surface area contributed by atoms with Crippen LogP contribution >= 0.6 is 0 Å². The Morgan fingerprint density at radius 2 is 1.61 bits per heavy atom. The lowest BCUT2D eigenvalue weighted by Crippen LogP contribution is -2.46. The van der Waals surface area contributed by atoms with E-state index in [0.29, 0.717) is 29.2 Å². The molecule has 0 bridgehead atoms. The van der Waals surface area contributed by atoms with Crippen LogP contribution in [0.5, 0.6) is 5.75 Å². The van der Waals surface area contributed by atoms with Gasteiger partial charge in [-0.1, -0.05) is 48.1 Å². The molecule has 1 aliphatic rings. The van der Waals surface area contributed by atoms with Crippen molar-refractivity contribution in [3.05, 3.63) is 95.1 Å². The molecule has 1 saturated heterocycles. The summed E-state index contributed by atoms with van der Waals surface area (Å²) >= 11 is 0. The zero-order chi connectivity index (χ0) is 29.4. The fourth-order valence-corrected chi connectivity index (χ4v) is 4.21. The molecule has 1 amide bonds. The van der Waals surface area contributed by atoms with Crippen LogP contribution in [0.15, 0.2) is 72.8 Å². The quantitative estimate of drug-likeness (QED) is 0.244. The summed E-state index contributed by atoms with van der Waals surface area (Å²) in [6, 6.07) is 21.8. The Bertz CT molecular complexity index is 1510. The van der Waals surface area contributed by atoms with Gasteiger partial charge in [0.2, 0.25) is 5.91 Å². The molecule has 8 heteroatoms. The zero-order valence-electron chi connectivity index (χ0n) is 22.8. The number of amides is 1. The van der Waals surface area contributed by atoms with Gasteiger partial charge < -0.3 is 24.2 Å². The first-order chi connectivity index (χ1) is 19.7. The number of hydrogen-bond acceptors (Lipinski definition) is 7. The van der Waals surface area contributed by atoms with Crippen LogP contribution in [0.3, 0.4) is 0 Å². The Hall–Kier alpha value is -5.05. The van der Waals surface area contributed by atoms with Crippen molar-refractivity contribution in [3.63, 3.8) is 0 Å². The van der Waals surface area contributed by atoms with Crippen LogP contribution in [0, 0.1) is 24.2 Å². The first-order valence-corrected chi connectivity index (χ1v) is 12.9. The summed E-state index contributed by atoms with van der Waals surface area (Å²) in [5.74, 6) is 7.46. The molecule has 1 heterocycles. The van der Waals surface area contributed by atoms with Crippen LogP contribution in [0.1, 0.15) is 48.6 Å². The van der Waals surface area contributed by atoms with E-state index in [2.05, 4.69) is 17.8 Å². The van der Waals surface area contributed by atoms with Gasteiger partial charge in [0.25, 0.3) is 0 Å². The number of nitrogens with zero attached hydrogens (tertiary/aromatic N) is 1. The van der Waals surface area contributed by atoms with Gasteiger partial charge >= 0.3 is 11.9 Å². The summed E-state index contributed by atoms with van der Waals surface area (Å²) in [4.78, 5) is 37.1. The van der Waals surface area contributed by atoms with Crippen molar-refractivity contribution in [2.75, 3.05) is 18.1 Å². The number of anilines is 1. The Morgan fingerprint density at radius 3 is 2.20 bits per heavy atom. The molecule has 3 aromatic rings. The number of hydrogen-bond donors (Lipinski definition) is 1. The van der Waals surface area contributed by atoms with Crippen molar-refractivity contribution < 1.29 is 33.7 Å². The van der Waals surface area contributed by atoms with Crippen molar-refractivity contribution in [2.45, 2.75) is 38.5 Å². The van der Waals surface area contributed by atoms with Crippen molar-refractivity contribution in [1.29, 1.82) is 0 Å². The number of esters is 2. The van der Waals surface area contributed by atoms with Gasteiger partial charge in [-0.25, -0.2) is 0 Å². The monoisotopic (exact) mass is 551 g/mol. The number of β-lactam (4-membered cyclic amide) rings is 1. The molecule has 41 heavy (non-hydrogen) atoms. The molecular formula is C33H29NO7. The third-order valence-corrected chi connectivity index (χ3v) is 6.33. The minimum atomic E-state index is -1.92. The predicted octanol–water partition coefficient (Wildman–Crippen LogP) is 3.93. The minimum absolute atomic E-state index is 0.0499. The molecule has 1 aliphatic heterocycles. The lowest BCUT2D eigenvalue weighted by molar-refractivity contribution is -0.154. The molecule has 4 rings (SSSR count). The second-order valence-electron chi connectivity index (χ2n) is 9.54. The van der Waals surface area contributed by atoms with E-state index in [4.69, 9.17) is 20.6 Å². The normalized spacial score (nSPS) is 14.1. The van der Waals surface area contributed by atoms with Gasteiger partial charge in [-0.05, 0) is 48.0 Å². The third-order valence-electron chi connectivity index (χ3n) is 6.33. The van der Waals surface area contributed by atoms with E-state index in [1.807, 2.05) is 30.3 Å². The molecule has 0 aliphatic carbocycles. The Morgan fingerprint density at radius 1 is 0.976 bits per heavy atom. The van der Waals surface area contributed by atoms with Crippen LogP contribution < -0.4 is 9.64 Å². The van der Waals surface area contributed by atoms with Crippen LogP contribution in [-0.2, 0) is 30.5 Å². The molecule has 1 atom stereocenters. The first-order valence-electron chi connectivity index (χ1n) is 12.9. The van der Waals surface area contributed by atoms with Gasteiger partial charge in [0.1, 0.15) is 25.6 Å². The molecule has 1 unspecified atom stereocenters. The number of terminal acetylenes is 1. The summed E-state index contributed by atoms with van der Waals surface area (Å²) in [6.07, 6.45) is 5.75. The van der Waals surface area contributed by atoms with E-state index in [-0.39, 0.29) is 18.4 Å². The number of aliphatic hydroxyl groups is 1. The summed E-state index contributed by atoms with van der Waals surface area (Å²) in [7, 11) is 0. The third kappa shape index (κ3) is 7.54. The maximum atomic E-state index is 12.8. The molecule has 3 aromatic carbocycles. The Balaban J connectivity index is 1.68. The van der Waals surface area contributed by atoms with E-state index >= 15 is 0 Å². The Kier molecular flexibility index (Phi) is 9.08. The second kappa shape index (κ2) is 12.9. The lowest BCUT2D eigenvalue weighted by Gasteiger charge is -2.41. The zero-order valence-corrected chi connectivity index (χ0v) is 22.8. The van der Waals surface area contributed by atoms with E-state index in [1.54, 1.807) is 47.4 Å². The molecule has 1 N–H and O–H groups in total. The maximum absolute atomic E-state index is 12.8. The van der Waals surface area contributed by atoms with Crippen molar-refractivity contribution in [2.24, 2.45) is 0 Å². The number of carbonyl (C=O) groups excluding carboxylic acids is 3. The molecule has 8 nitrogen and oxygen atoms in total. The van der Waals surface area contributed by atoms with E-state index < -0.39 is 30.8 Å². The number of ether oxygens (including phenoxy) is 3. The van der Waals surface area contributed by atoms with Gasteiger partial charge in [-0.2, -0.15) is 0 Å². The van der Waals surface area contributed by atoms with Crippen molar-refractivity contribution in [1.82, 2.24) is 0 Å². The highest BCUT2D eigenvalue weighted by Crippen LogP contribution is 2.43. The average molecular weight is 552 g/mol. The van der Waals surface area contributed by atoms with Gasteiger partial charge in [0.05, 0.1) is 12.5 Å². The largest absolute Gasteiger partial charge is 0.489 e. The highest BCUT2D eigenvalue weighted by molar-refractivity contribution is 6.01. The maximum Gasteiger partial charge on any atom is 0.302 e. The second-order valence-corrected chi connectivity index (χ2v) is 9.54. The van der Waals surface area contributed by atoms with Crippen LogP contribution in [0.2, 0.25) is 0 Å². The molecular weight excluding hydrogens is 522 g/mol.